The molecule has 1 aromatic carbocycles. The number of methoxy groups -OCH3 is 1. The maximum atomic E-state index is 12.6. The molecule has 0 radical (unpaired) electrons. The van der Waals surface area contributed by atoms with Gasteiger partial charge in [0.05, 0.1) is 18.6 Å². The molecule has 5 nitrogen and oxygen atoms in total. The highest BCUT2D eigenvalue weighted by molar-refractivity contribution is 5.77. The van der Waals surface area contributed by atoms with Gasteiger partial charge in [-0.15, -0.1) is 6.58 Å². The number of carbonyl (C=O) groups excluding carboxylic acids is 1. The van der Waals surface area contributed by atoms with Gasteiger partial charge < -0.3 is 19.5 Å². The summed E-state index contributed by atoms with van der Waals surface area (Å²) in [5, 5.41) is 10.1. The van der Waals surface area contributed by atoms with Crippen LogP contribution in [0.25, 0.3) is 0 Å². The Hall–Kier alpha value is -2.27. The van der Waals surface area contributed by atoms with Crippen LogP contribution in [-0.2, 0) is 16.8 Å². The Morgan fingerprint density at radius 2 is 2.38 bits per heavy atom. The van der Waals surface area contributed by atoms with Gasteiger partial charge in [0, 0.05) is 31.5 Å². The molecule has 1 spiro atoms. The summed E-state index contributed by atoms with van der Waals surface area (Å²) in [6, 6.07) is 3.96. The zero-order valence-electron chi connectivity index (χ0n) is 15.1. The lowest BCUT2D eigenvalue weighted by Crippen LogP contribution is -2.43. The Morgan fingerprint density at radius 1 is 1.54 bits per heavy atom. The van der Waals surface area contributed by atoms with Crippen molar-refractivity contribution in [3.05, 3.63) is 48.1 Å². The summed E-state index contributed by atoms with van der Waals surface area (Å²) in [6.45, 7) is 4.96. The number of rotatable bonds is 4. The molecule has 4 rings (SSSR count). The van der Waals surface area contributed by atoms with E-state index in [0.717, 1.165) is 23.3 Å². The molecule has 1 aromatic rings. The van der Waals surface area contributed by atoms with Crippen molar-refractivity contribution in [1.29, 1.82) is 0 Å². The number of allylic oxidation sites excluding steroid dienone is 1. The van der Waals surface area contributed by atoms with Gasteiger partial charge in [-0.3, -0.25) is 4.79 Å². The van der Waals surface area contributed by atoms with Gasteiger partial charge >= 0.3 is 0 Å². The lowest BCUT2D eigenvalue weighted by atomic mass is 9.69. The molecule has 0 bridgehead atoms. The minimum atomic E-state index is -0.497. The summed E-state index contributed by atoms with van der Waals surface area (Å²) >= 11 is 0. The highest BCUT2D eigenvalue weighted by Crippen LogP contribution is 2.55. The molecule has 0 unspecified atom stereocenters. The second kappa shape index (κ2) is 6.47. The van der Waals surface area contributed by atoms with E-state index in [1.807, 2.05) is 23.1 Å². The molecular formula is C21H25NO4. The summed E-state index contributed by atoms with van der Waals surface area (Å²) in [6.07, 6.45) is 7.64. The molecule has 2 heterocycles. The van der Waals surface area contributed by atoms with Gasteiger partial charge in [-0.25, -0.2) is 0 Å². The van der Waals surface area contributed by atoms with E-state index in [1.54, 1.807) is 13.2 Å². The van der Waals surface area contributed by atoms with Crippen LogP contribution >= 0.6 is 0 Å². The largest absolute Gasteiger partial charge is 0.493 e. The van der Waals surface area contributed by atoms with Crippen molar-refractivity contribution in [3.63, 3.8) is 0 Å². The van der Waals surface area contributed by atoms with E-state index < -0.39 is 6.10 Å². The minimum absolute atomic E-state index is 0.129. The Morgan fingerprint density at radius 3 is 3.15 bits per heavy atom. The number of hydrogen-bond acceptors (Lipinski definition) is 4. The van der Waals surface area contributed by atoms with Gasteiger partial charge in [-0.1, -0.05) is 24.3 Å². The maximum absolute atomic E-state index is 12.6. The number of carbonyl (C=O) groups is 1. The van der Waals surface area contributed by atoms with Crippen molar-refractivity contribution < 1.29 is 19.4 Å². The van der Waals surface area contributed by atoms with E-state index >= 15 is 0 Å². The second-order valence-corrected chi connectivity index (χ2v) is 7.33. The number of benzene rings is 1. The normalized spacial score (nSPS) is 28.6. The smallest absolute Gasteiger partial charge is 0.223 e. The summed E-state index contributed by atoms with van der Waals surface area (Å²) in [4.78, 5) is 14.6. The van der Waals surface area contributed by atoms with Crippen molar-refractivity contribution in [2.45, 2.75) is 49.9 Å². The molecule has 1 amide bonds. The van der Waals surface area contributed by atoms with Gasteiger partial charge in [0.2, 0.25) is 5.91 Å². The number of nitrogens with zero attached hydrogens (tertiary/aromatic N) is 1. The third kappa shape index (κ3) is 2.53. The first-order valence-electron chi connectivity index (χ1n) is 9.22. The van der Waals surface area contributed by atoms with Crippen molar-refractivity contribution >= 4 is 5.91 Å². The van der Waals surface area contributed by atoms with Crippen molar-refractivity contribution in [3.8, 4) is 11.5 Å². The van der Waals surface area contributed by atoms with Crippen LogP contribution in [0.3, 0.4) is 0 Å². The molecule has 0 saturated carbocycles. The lowest BCUT2D eigenvalue weighted by Gasteiger charge is -2.35. The molecular weight excluding hydrogens is 330 g/mol. The van der Waals surface area contributed by atoms with Crippen LogP contribution in [-0.4, -0.2) is 41.8 Å². The maximum Gasteiger partial charge on any atom is 0.223 e. The fourth-order valence-electron chi connectivity index (χ4n) is 4.53. The fraction of sp³-hybridized carbons (Fsp3) is 0.476. The predicted molar refractivity (Wildman–Crippen MR) is 98.3 cm³/mol. The number of ether oxygens (including phenoxy) is 2. The fourth-order valence-corrected chi connectivity index (χ4v) is 4.53. The molecule has 138 valence electrons. The van der Waals surface area contributed by atoms with Crippen LogP contribution in [0, 0.1) is 0 Å². The van der Waals surface area contributed by atoms with Crippen LogP contribution in [0.5, 0.6) is 11.5 Å². The van der Waals surface area contributed by atoms with Crippen molar-refractivity contribution in [1.82, 2.24) is 4.90 Å². The first-order valence-corrected chi connectivity index (χ1v) is 9.22. The Kier molecular flexibility index (Phi) is 4.27. The third-order valence-electron chi connectivity index (χ3n) is 5.87. The highest BCUT2D eigenvalue weighted by atomic mass is 16.5. The molecule has 5 heteroatoms. The standard InChI is InChI=1S/C21H25NO4/c1-3-4-5-18(24)22-11-10-21-9-8-15(23)12-17(21)26-20-16(25-2)7-6-14(13-22)19(20)21/h3,6-9,15,17,23H,1,4-5,10-13H2,2H3/t15-,17-,21-/m0/s1. The zero-order chi connectivity index (χ0) is 18.3. The first kappa shape index (κ1) is 17.2. The summed E-state index contributed by atoms with van der Waals surface area (Å²) in [5.74, 6) is 1.64. The molecule has 0 aromatic heterocycles. The number of amides is 1. The average Bonchev–Trinajstić information content (AvgIpc) is 2.87. The van der Waals surface area contributed by atoms with Gasteiger partial charge in [-0.2, -0.15) is 0 Å². The number of aliphatic hydroxyl groups excluding tert-OH is 1. The molecule has 0 fully saturated rings. The van der Waals surface area contributed by atoms with Crippen LogP contribution in [0.15, 0.2) is 36.9 Å². The van der Waals surface area contributed by atoms with Crippen LogP contribution in [0.1, 0.15) is 36.8 Å². The number of aliphatic hydroxyl groups is 1. The van der Waals surface area contributed by atoms with Crippen molar-refractivity contribution in [2.75, 3.05) is 13.7 Å². The molecule has 26 heavy (non-hydrogen) atoms. The van der Waals surface area contributed by atoms with Gasteiger partial charge in [0.25, 0.3) is 0 Å². The van der Waals surface area contributed by atoms with Gasteiger partial charge in [0.1, 0.15) is 6.10 Å². The van der Waals surface area contributed by atoms with Gasteiger partial charge in [0.15, 0.2) is 11.5 Å². The zero-order valence-corrected chi connectivity index (χ0v) is 15.1. The van der Waals surface area contributed by atoms with E-state index in [-0.39, 0.29) is 17.4 Å². The van der Waals surface area contributed by atoms with E-state index in [0.29, 0.717) is 38.1 Å². The molecule has 3 aliphatic rings. The lowest BCUT2D eigenvalue weighted by molar-refractivity contribution is -0.131. The molecule has 1 N–H and O–H groups in total. The topological polar surface area (TPSA) is 59.0 Å². The van der Waals surface area contributed by atoms with Crippen molar-refractivity contribution in [2.24, 2.45) is 0 Å². The Bertz CT molecular complexity index is 772. The Balaban J connectivity index is 1.78. The summed E-state index contributed by atoms with van der Waals surface area (Å²) < 4.78 is 11.8. The SMILES string of the molecule is C=CCCC(=O)N1CC[C@@]23C=C[C@H](O)C[C@@H]2Oc2c(OC)ccc(c23)C1. The molecule has 2 aliphatic heterocycles. The monoisotopic (exact) mass is 355 g/mol. The average molecular weight is 355 g/mol. The molecule has 3 atom stereocenters. The first-order chi connectivity index (χ1) is 12.6. The third-order valence-corrected chi connectivity index (χ3v) is 5.87. The van der Waals surface area contributed by atoms with E-state index in [4.69, 9.17) is 9.47 Å². The second-order valence-electron chi connectivity index (χ2n) is 7.33. The molecule has 0 saturated heterocycles. The van der Waals surface area contributed by atoms with E-state index in [1.165, 1.54) is 0 Å². The summed E-state index contributed by atoms with van der Waals surface area (Å²) in [5.41, 5.74) is 1.93. The van der Waals surface area contributed by atoms with Crippen LogP contribution < -0.4 is 9.47 Å². The highest BCUT2D eigenvalue weighted by Gasteiger charge is 2.53. The quantitative estimate of drug-likeness (QED) is 0.844. The van der Waals surface area contributed by atoms with E-state index in [9.17, 15) is 9.90 Å². The van der Waals surface area contributed by atoms with Crippen LogP contribution in [0.4, 0.5) is 0 Å². The minimum Gasteiger partial charge on any atom is -0.493 e. The summed E-state index contributed by atoms with van der Waals surface area (Å²) in [7, 11) is 1.64. The van der Waals surface area contributed by atoms with Crippen LogP contribution in [0.2, 0.25) is 0 Å². The Labute approximate surface area is 153 Å². The predicted octanol–water partition coefficient (Wildman–Crippen LogP) is 2.71. The number of hydrogen-bond donors (Lipinski definition) is 1. The van der Waals surface area contributed by atoms with Gasteiger partial charge in [-0.05, 0) is 24.5 Å². The van der Waals surface area contributed by atoms with E-state index in [2.05, 4.69) is 12.7 Å². The molecule has 1 aliphatic carbocycles.